The van der Waals surface area contributed by atoms with E-state index in [1.165, 1.54) is 12.3 Å². The first-order valence-electron chi connectivity index (χ1n) is 8.46. The first-order chi connectivity index (χ1) is 12.7. The van der Waals surface area contributed by atoms with Gasteiger partial charge in [0.15, 0.2) is 11.5 Å². The van der Waals surface area contributed by atoms with E-state index in [0.717, 1.165) is 5.56 Å². The average Bonchev–Trinajstić information content (AvgIpc) is 3.21. The third kappa shape index (κ3) is 2.97. The lowest BCUT2D eigenvalue weighted by Gasteiger charge is -2.31. The number of hydrogen-bond donors (Lipinski definition) is 0. The molecule has 0 radical (unpaired) electrons. The van der Waals surface area contributed by atoms with Gasteiger partial charge in [0.05, 0.1) is 12.0 Å². The minimum absolute atomic E-state index is 0.197. The second-order valence-corrected chi connectivity index (χ2v) is 6.16. The van der Waals surface area contributed by atoms with Crippen LogP contribution >= 0.6 is 0 Å². The molecule has 2 aromatic carbocycles. The molecule has 4 heteroatoms. The fourth-order valence-electron chi connectivity index (χ4n) is 3.18. The van der Waals surface area contributed by atoms with Gasteiger partial charge < -0.3 is 4.42 Å². The van der Waals surface area contributed by atoms with Crippen LogP contribution in [0.5, 0.6) is 0 Å². The highest BCUT2D eigenvalue weighted by molar-refractivity contribution is 6.23. The number of anilines is 1. The highest BCUT2D eigenvalue weighted by atomic mass is 16.3. The second kappa shape index (κ2) is 6.84. The number of allylic oxidation sites excluding steroid dienone is 1. The van der Waals surface area contributed by atoms with Crippen LogP contribution in [0.15, 0.2) is 89.6 Å². The molecule has 0 saturated carbocycles. The van der Waals surface area contributed by atoms with Gasteiger partial charge in [-0.05, 0) is 36.2 Å². The van der Waals surface area contributed by atoms with Gasteiger partial charge in [0.2, 0.25) is 5.91 Å². The predicted molar refractivity (Wildman–Crippen MR) is 99.3 cm³/mol. The number of nitrogens with zero attached hydrogens (tertiary/aromatic N) is 1. The number of ketones is 1. The Labute approximate surface area is 151 Å². The summed E-state index contributed by atoms with van der Waals surface area (Å²) in [7, 11) is 0. The summed E-state index contributed by atoms with van der Waals surface area (Å²) >= 11 is 0. The molecule has 1 aliphatic heterocycles. The topological polar surface area (TPSA) is 50.5 Å². The maximum absolute atomic E-state index is 13.3. The molecule has 2 heterocycles. The van der Waals surface area contributed by atoms with Gasteiger partial charge in [0, 0.05) is 11.8 Å². The summed E-state index contributed by atoms with van der Waals surface area (Å²) in [6, 6.07) is 22.4. The number of hydrogen-bond acceptors (Lipinski definition) is 3. The van der Waals surface area contributed by atoms with E-state index >= 15 is 0 Å². The Morgan fingerprint density at radius 1 is 0.846 bits per heavy atom. The third-order valence-electron chi connectivity index (χ3n) is 4.45. The molecule has 0 fully saturated rings. The van der Waals surface area contributed by atoms with E-state index in [1.54, 1.807) is 17.0 Å². The lowest BCUT2D eigenvalue weighted by Crippen LogP contribution is -2.43. The molecule has 1 aliphatic rings. The molecule has 128 valence electrons. The molecule has 1 atom stereocenters. The minimum atomic E-state index is -0.740. The van der Waals surface area contributed by atoms with Crippen molar-refractivity contribution in [3.05, 3.63) is 96.5 Å². The van der Waals surface area contributed by atoms with Crippen molar-refractivity contribution in [1.82, 2.24) is 0 Å². The van der Waals surface area contributed by atoms with Crippen LogP contribution < -0.4 is 4.90 Å². The largest absolute Gasteiger partial charge is 0.463 e. The van der Waals surface area contributed by atoms with E-state index < -0.39 is 5.92 Å². The van der Waals surface area contributed by atoms with Crippen LogP contribution in [0, 0.1) is 5.92 Å². The number of furan rings is 1. The Morgan fingerprint density at radius 2 is 1.54 bits per heavy atom. The van der Waals surface area contributed by atoms with Crippen LogP contribution in [-0.2, 0) is 16.0 Å². The highest BCUT2D eigenvalue weighted by Gasteiger charge is 2.38. The molecule has 4 rings (SSSR count). The Morgan fingerprint density at radius 3 is 2.19 bits per heavy atom. The average molecular weight is 343 g/mol. The zero-order chi connectivity index (χ0) is 17.9. The van der Waals surface area contributed by atoms with Crippen molar-refractivity contribution in [2.24, 2.45) is 5.92 Å². The fourth-order valence-corrected chi connectivity index (χ4v) is 3.18. The van der Waals surface area contributed by atoms with E-state index in [-0.39, 0.29) is 11.7 Å². The fraction of sp³-hybridized carbons (Fsp3) is 0.0909. The minimum Gasteiger partial charge on any atom is -0.463 e. The smallest absolute Gasteiger partial charge is 0.242 e. The first-order valence-corrected chi connectivity index (χ1v) is 8.46. The van der Waals surface area contributed by atoms with Crippen molar-refractivity contribution >= 4 is 23.1 Å². The molecule has 0 bridgehead atoms. The van der Waals surface area contributed by atoms with Crippen LogP contribution in [0.3, 0.4) is 0 Å². The number of carbonyl (C=O) groups is 2. The summed E-state index contributed by atoms with van der Waals surface area (Å²) < 4.78 is 5.46. The molecule has 1 aromatic heterocycles. The van der Waals surface area contributed by atoms with Crippen molar-refractivity contribution in [1.29, 1.82) is 0 Å². The zero-order valence-corrected chi connectivity index (χ0v) is 14.0. The summed E-state index contributed by atoms with van der Waals surface area (Å²) in [5, 5.41) is 0. The van der Waals surface area contributed by atoms with Crippen LogP contribution in [0.4, 0.5) is 5.69 Å². The van der Waals surface area contributed by atoms with Gasteiger partial charge in [0.1, 0.15) is 5.92 Å². The molecule has 0 saturated heterocycles. The molecule has 4 nitrogen and oxygen atoms in total. The normalized spacial score (nSPS) is 17.3. The zero-order valence-electron chi connectivity index (χ0n) is 14.0. The molecule has 26 heavy (non-hydrogen) atoms. The third-order valence-corrected chi connectivity index (χ3v) is 4.45. The monoisotopic (exact) mass is 343 g/mol. The van der Waals surface area contributed by atoms with Crippen molar-refractivity contribution in [2.75, 3.05) is 4.90 Å². The van der Waals surface area contributed by atoms with Crippen LogP contribution in [0.25, 0.3) is 5.70 Å². The van der Waals surface area contributed by atoms with Crippen molar-refractivity contribution in [2.45, 2.75) is 6.42 Å². The van der Waals surface area contributed by atoms with Gasteiger partial charge >= 0.3 is 0 Å². The van der Waals surface area contributed by atoms with Gasteiger partial charge in [-0.3, -0.25) is 14.5 Å². The van der Waals surface area contributed by atoms with Gasteiger partial charge in [-0.1, -0.05) is 48.5 Å². The predicted octanol–water partition coefficient (Wildman–Crippen LogP) is 4.10. The van der Waals surface area contributed by atoms with Gasteiger partial charge in [0.25, 0.3) is 0 Å². The number of rotatable bonds is 4. The highest BCUT2D eigenvalue weighted by Crippen LogP contribution is 2.33. The van der Waals surface area contributed by atoms with E-state index in [0.29, 0.717) is 23.6 Å². The maximum Gasteiger partial charge on any atom is 0.242 e. The van der Waals surface area contributed by atoms with Crippen molar-refractivity contribution < 1.29 is 14.0 Å². The van der Waals surface area contributed by atoms with E-state index in [1.807, 2.05) is 60.7 Å². The van der Waals surface area contributed by atoms with Crippen LogP contribution in [-0.4, -0.2) is 11.7 Å². The molecule has 0 N–H and O–H groups in total. The number of benzene rings is 2. The quantitative estimate of drug-likeness (QED) is 0.670. The SMILES string of the molecule is O=C1C=C(c2ccco2)N(c2ccccc2)C(=O)C1Cc1ccccc1. The summed E-state index contributed by atoms with van der Waals surface area (Å²) in [5.74, 6) is -0.679. The summed E-state index contributed by atoms with van der Waals surface area (Å²) in [4.78, 5) is 27.6. The molecule has 0 aliphatic carbocycles. The van der Waals surface area contributed by atoms with Gasteiger partial charge in [-0.25, -0.2) is 0 Å². The molecular weight excluding hydrogens is 326 g/mol. The Bertz CT molecular complexity index is 944. The number of carbonyl (C=O) groups excluding carboxylic acids is 2. The second-order valence-electron chi connectivity index (χ2n) is 6.16. The summed E-state index contributed by atoms with van der Waals surface area (Å²) in [6.07, 6.45) is 3.43. The lowest BCUT2D eigenvalue weighted by atomic mass is 9.89. The molecular formula is C22H17NO3. The number of amides is 1. The molecule has 3 aromatic rings. The molecule has 1 amide bonds. The maximum atomic E-state index is 13.3. The van der Waals surface area contributed by atoms with Crippen molar-refractivity contribution in [3.8, 4) is 0 Å². The molecule has 1 unspecified atom stereocenters. The Kier molecular flexibility index (Phi) is 4.23. The first kappa shape index (κ1) is 16.1. The lowest BCUT2D eigenvalue weighted by molar-refractivity contribution is -0.130. The Hall–Kier alpha value is -3.40. The number of para-hydroxylation sites is 1. The standard InChI is InChI=1S/C22H17NO3/c24-20-15-19(21-12-7-13-26-21)23(17-10-5-2-6-11-17)22(25)18(20)14-16-8-3-1-4-9-16/h1-13,15,18H,14H2. The van der Waals surface area contributed by atoms with Crippen LogP contribution in [0.2, 0.25) is 0 Å². The van der Waals surface area contributed by atoms with E-state index in [2.05, 4.69) is 0 Å². The molecule has 0 spiro atoms. The summed E-state index contributed by atoms with van der Waals surface area (Å²) in [6.45, 7) is 0. The van der Waals surface area contributed by atoms with Crippen molar-refractivity contribution in [3.63, 3.8) is 0 Å². The Balaban J connectivity index is 1.77. The van der Waals surface area contributed by atoms with Crippen LogP contribution in [0.1, 0.15) is 11.3 Å². The van der Waals surface area contributed by atoms with Gasteiger partial charge in [-0.2, -0.15) is 0 Å². The van der Waals surface area contributed by atoms with Gasteiger partial charge in [-0.15, -0.1) is 0 Å². The van der Waals surface area contributed by atoms with E-state index in [9.17, 15) is 9.59 Å². The van der Waals surface area contributed by atoms with E-state index in [4.69, 9.17) is 4.42 Å². The summed E-state index contributed by atoms with van der Waals surface area (Å²) in [5.41, 5.74) is 2.15.